The van der Waals surface area contributed by atoms with E-state index in [1.54, 1.807) is 11.8 Å². The summed E-state index contributed by atoms with van der Waals surface area (Å²) in [5.41, 5.74) is 1.53. The topological polar surface area (TPSA) is 78.0 Å². The third-order valence-corrected chi connectivity index (χ3v) is 3.66. The molecule has 0 aliphatic rings. The maximum atomic E-state index is 10.6. The average molecular weight is 285 g/mol. The van der Waals surface area contributed by atoms with Crippen LogP contribution in [0.15, 0.2) is 58.3 Å². The Morgan fingerprint density at radius 2 is 1.95 bits per heavy atom. The van der Waals surface area contributed by atoms with Crippen molar-refractivity contribution in [3.63, 3.8) is 0 Å². The number of hydrogen-bond acceptors (Lipinski definition) is 3. The van der Waals surface area contributed by atoms with Crippen LogP contribution in [0.3, 0.4) is 0 Å². The maximum absolute atomic E-state index is 10.6. The van der Waals surface area contributed by atoms with E-state index >= 15 is 0 Å². The number of anilines is 1. The Kier molecular flexibility index (Phi) is 3.30. The minimum absolute atomic E-state index is 0.231. The first-order valence-electron chi connectivity index (χ1n) is 5.93. The van der Waals surface area contributed by atoms with Gasteiger partial charge in [-0.05, 0) is 30.3 Å². The van der Waals surface area contributed by atoms with Gasteiger partial charge in [-0.25, -0.2) is 9.78 Å². The van der Waals surface area contributed by atoms with Crippen molar-refractivity contribution in [1.29, 1.82) is 0 Å². The highest BCUT2D eigenvalue weighted by Gasteiger charge is 2.06. The molecule has 3 N–H and O–H groups in total. The summed E-state index contributed by atoms with van der Waals surface area (Å²) in [6.45, 7) is 0. The summed E-state index contributed by atoms with van der Waals surface area (Å²) in [6, 6.07) is 15.8. The molecule has 0 aliphatic carbocycles. The molecule has 6 heteroatoms. The van der Waals surface area contributed by atoms with Crippen molar-refractivity contribution in [3.05, 3.63) is 48.5 Å². The lowest BCUT2D eigenvalue weighted by atomic mass is 10.3. The van der Waals surface area contributed by atoms with Gasteiger partial charge < -0.3 is 10.1 Å². The molecule has 1 aromatic heterocycles. The lowest BCUT2D eigenvalue weighted by Gasteiger charge is -2.00. The number of rotatable bonds is 3. The van der Waals surface area contributed by atoms with Crippen LogP contribution >= 0.6 is 11.8 Å². The zero-order valence-electron chi connectivity index (χ0n) is 10.3. The average Bonchev–Trinajstić information content (AvgIpc) is 2.80. The van der Waals surface area contributed by atoms with Crippen molar-refractivity contribution in [1.82, 2.24) is 9.97 Å². The molecule has 0 saturated carbocycles. The molecule has 0 atom stereocenters. The molecular formula is C14H11N3O2S. The lowest BCUT2D eigenvalue weighted by Crippen LogP contribution is -2.08. The first-order valence-corrected chi connectivity index (χ1v) is 6.75. The monoisotopic (exact) mass is 285 g/mol. The van der Waals surface area contributed by atoms with Crippen LogP contribution in [0.2, 0.25) is 0 Å². The second-order valence-corrected chi connectivity index (χ2v) is 5.26. The first-order chi connectivity index (χ1) is 9.70. The van der Waals surface area contributed by atoms with Crippen LogP contribution in [-0.4, -0.2) is 21.2 Å². The number of carboxylic acid groups (broad SMARTS) is 1. The van der Waals surface area contributed by atoms with E-state index < -0.39 is 6.09 Å². The van der Waals surface area contributed by atoms with Crippen molar-refractivity contribution < 1.29 is 9.90 Å². The van der Waals surface area contributed by atoms with Crippen LogP contribution in [0, 0.1) is 0 Å². The Balaban J connectivity index is 1.88. The molecular weight excluding hydrogens is 274 g/mol. The molecule has 0 saturated heterocycles. The number of amides is 1. The third kappa shape index (κ3) is 2.75. The SMILES string of the molecule is O=C(O)Nc1nc2cc(Sc3ccccc3)ccc2[nH]1. The molecule has 1 amide bonds. The van der Waals surface area contributed by atoms with Crippen molar-refractivity contribution in [2.24, 2.45) is 0 Å². The third-order valence-electron chi connectivity index (χ3n) is 2.66. The summed E-state index contributed by atoms with van der Waals surface area (Å²) in [6.07, 6.45) is -1.14. The summed E-state index contributed by atoms with van der Waals surface area (Å²) >= 11 is 1.63. The van der Waals surface area contributed by atoms with Crippen LogP contribution in [0.1, 0.15) is 0 Å². The fourth-order valence-electron chi connectivity index (χ4n) is 1.83. The van der Waals surface area contributed by atoms with Gasteiger partial charge in [0.05, 0.1) is 11.0 Å². The van der Waals surface area contributed by atoms with E-state index in [2.05, 4.69) is 15.3 Å². The van der Waals surface area contributed by atoms with Crippen LogP contribution < -0.4 is 5.32 Å². The molecule has 0 fully saturated rings. The number of benzene rings is 2. The number of hydrogen-bond donors (Lipinski definition) is 3. The summed E-state index contributed by atoms with van der Waals surface area (Å²) in [4.78, 5) is 19.9. The Morgan fingerprint density at radius 3 is 2.70 bits per heavy atom. The van der Waals surface area contributed by atoms with Gasteiger partial charge in [-0.15, -0.1) is 0 Å². The molecule has 20 heavy (non-hydrogen) atoms. The molecule has 1 heterocycles. The van der Waals surface area contributed by atoms with Gasteiger partial charge in [-0.3, -0.25) is 5.32 Å². The number of fused-ring (bicyclic) bond motifs is 1. The summed E-state index contributed by atoms with van der Waals surface area (Å²) < 4.78 is 0. The Morgan fingerprint density at radius 1 is 1.15 bits per heavy atom. The van der Waals surface area contributed by atoms with E-state index in [1.807, 2.05) is 48.5 Å². The second-order valence-electron chi connectivity index (χ2n) is 4.11. The summed E-state index contributed by atoms with van der Waals surface area (Å²) in [5.74, 6) is 0.231. The smallest absolute Gasteiger partial charge is 0.411 e. The molecule has 100 valence electrons. The molecule has 0 unspecified atom stereocenters. The van der Waals surface area contributed by atoms with E-state index in [0.29, 0.717) is 0 Å². The molecule has 3 aromatic rings. The fourth-order valence-corrected chi connectivity index (χ4v) is 2.71. The Bertz CT molecular complexity index is 755. The first kappa shape index (κ1) is 12.6. The maximum Gasteiger partial charge on any atom is 0.411 e. The van der Waals surface area contributed by atoms with E-state index in [-0.39, 0.29) is 5.95 Å². The molecule has 0 aliphatic heterocycles. The van der Waals surface area contributed by atoms with Crippen molar-refractivity contribution in [2.75, 3.05) is 5.32 Å². The molecule has 0 bridgehead atoms. The molecule has 3 rings (SSSR count). The lowest BCUT2D eigenvalue weighted by molar-refractivity contribution is 0.209. The predicted molar refractivity (Wildman–Crippen MR) is 78.3 cm³/mol. The standard InChI is InChI=1S/C14H11N3O2S/c18-14(19)17-13-15-11-7-6-10(8-12(11)16-13)20-9-4-2-1-3-5-9/h1-8H,(H,18,19)(H2,15,16,17). The van der Waals surface area contributed by atoms with E-state index in [1.165, 1.54) is 0 Å². The molecule has 0 spiro atoms. The highest BCUT2D eigenvalue weighted by molar-refractivity contribution is 7.99. The van der Waals surface area contributed by atoms with E-state index in [0.717, 1.165) is 20.8 Å². The second kappa shape index (κ2) is 5.26. The zero-order chi connectivity index (χ0) is 13.9. The van der Waals surface area contributed by atoms with Crippen LogP contribution in [0.4, 0.5) is 10.7 Å². The quantitative estimate of drug-likeness (QED) is 0.684. The minimum atomic E-state index is -1.14. The zero-order valence-corrected chi connectivity index (χ0v) is 11.1. The Hall–Kier alpha value is -2.47. The largest absolute Gasteiger partial charge is 0.465 e. The normalized spacial score (nSPS) is 10.6. The number of aromatic nitrogens is 2. The number of nitrogens with zero attached hydrogens (tertiary/aromatic N) is 1. The fraction of sp³-hybridized carbons (Fsp3) is 0. The van der Waals surface area contributed by atoms with Crippen LogP contribution in [-0.2, 0) is 0 Å². The summed E-state index contributed by atoms with van der Waals surface area (Å²) in [5, 5.41) is 10.9. The van der Waals surface area contributed by atoms with Crippen molar-refractivity contribution >= 4 is 34.8 Å². The number of H-pyrrole nitrogens is 1. The Labute approximate surface area is 119 Å². The van der Waals surface area contributed by atoms with Gasteiger partial charge in [0.15, 0.2) is 0 Å². The van der Waals surface area contributed by atoms with E-state index in [9.17, 15) is 4.79 Å². The van der Waals surface area contributed by atoms with Gasteiger partial charge in [0.2, 0.25) is 5.95 Å². The van der Waals surface area contributed by atoms with Crippen molar-refractivity contribution in [2.45, 2.75) is 9.79 Å². The van der Waals surface area contributed by atoms with Gasteiger partial charge in [-0.1, -0.05) is 30.0 Å². The number of carbonyl (C=O) groups is 1. The van der Waals surface area contributed by atoms with Crippen LogP contribution in [0.5, 0.6) is 0 Å². The van der Waals surface area contributed by atoms with Crippen LogP contribution in [0.25, 0.3) is 11.0 Å². The van der Waals surface area contributed by atoms with Gasteiger partial charge in [0.1, 0.15) is 0 Å². The predicted octanol–water partition coefficient (Wildman–Crippen LogP) is 3.80. The van der Waals surface area contributed by atoms with Crippen molar-refractivity contribution in [3.8, 4) is 0 Å². The highest BCUT2D eigenvalue weighted by atomic mass is 32.2. The number of aromatic amines is 1. The van der Waals surface area contributed by atoms with Gasteiger partial charge in [0, 0.05) is 9.79 Å². The molecule has 2 aromatic carbocycles. The number of nitrogens with one attached hydrogen (secondary N) is 2. The minimum Gasteiger partial charge on any atom is -0.465 e. The number of imidazole rings is 1. The molecule has 5 nitrogen and oxygen atoms in total. The van der Waals surface area contributed by atoms with Gasteiger partial charge in [0.25, 0.3) is 0 Å². The van der Waals surface area contributed by atoms with Gasteiger partial charge in [-0.2, -0.15) is 0 Å². The van der Waals surface area contributed by atoms with E-state index in [4.69, 9.17) is 5.11 Å². The van der Waals surface area contributed by atoms with Gasteiger partial charge >= 0.3 is 6.09 Å². The summed E-state index contributed by atoms with van der Waals surface area (Å²) in [7, 11) is 0. The molecule has 0 radical (unpaired) electrons. The highest BCUT2D eigenvalue weighted by Crippen LogP contribution is 2.29.